The molecule has 33 heavy (non-hydrogen) atoms. The summed E-state index contributed by atoms with van der Waals surface area (Å²) in [5.74, 6) is -0.292. The molecule has 178 valence electrons. The van der Waals surface area contributed by atoms with E-state index in [1.54, 1.807) is 0 Å². The molecule has 2 aromatic rings. The molecule has 1 aliphatic carbocycles. The Bertz CT molecular complexity index is 853. The third kappa shape index (κ3) is 7.98. The zero-order valence-corrected chi connectivity index (χ0v) is 19.5. The predicted octanol–water partition coefficient (Wildman–Crippen LogP) is 4.51. The summed E-state index contributed by atoms with van der Waals surface area (Å²) in [5.41, 5.74) is 2.00. The van der Waals surface area contributed by atoms with E-state index >= 15 is 0 Å². The van der Waals surface area contributed by atoms with Crippen molar-refractivity contribution in [2.45, 2.75) is 70.0 Å². The van der Waals surface area contributed by atoms with Gasteiger partial charge >= 0.3 is 5.97 Å². The Kier molecular flexibility index (Phi) is 9.91. The van der Waals surface area contributed by atoms with E-state index in [0.29, 0.717) is 25.3 Å². The number of nitrogens with one attached hydrogen (secondary N) is 1. The van der Waals surface area contributed by atoms with E-state index in [1.165, 1.54) is 18.6 Å². The number of esters is 1. The number of hydroxylamine groups is 2. The van der Waals surface area contributed by atoms with Crippen molar-refractivity contribution >= 4 is 11.9 Å². The summed E-state index contributed by atoms with van der Waals surface area (Å²) in [5, 5.41) is 15.2. The molecule has 2 N–H and O–H groups in total. The Labute approximate surface area is 196 Å². The van der Waals surface area contributed by atoms with Crippen LogP contribution < -0.4 is 5.32 Å². The normalized spacial score (nSPS) is 16.2. The molecule has 1 fully saturated rings. The van der Waals surface area contributed by atoms with E-state index in [2.05, 4.69) is 5.32 Å². The molecule has 6 heteroatoms. The minimum atomic E-state index is -0.729. The molecule has 0 spiro atoms. The van der Waals surface area contributed by atoms with E-state index in [9.17, 15) is 14.8 Å². The monoisotopic (exact) mass is 452 g/mol. The summed E-state index contributed by atoms with van der Waals surface area (Å²) in [6, 6.07) is 18.6. The highest BCUT2D eigenvalue weighted by Crippen LogP contribution is 2.31. The van der Waals surface area contributed by atoms with Crippen LogP contribution >= 0.6 is 0 Å². The largest absolute Gasteiger partial charge is 0.467 e. The molecule has 0 saturated heterocycles. The van der Waals surface area contributed by atoms with Crippen molar-refractivity contribution in [1.29, 1.82) is 0 Å². The van der Waals surface area contributed by atoms with E-state index in [-0.39, 0.29) is 18.4 Å². The fraction of sp³-hybridized carbons (Fsp3) is 0.481. The molecule has 1 saturated carbocycles. The molecule has 0 aromatic heterocycles. The van der Waals surface area contributed by atoms with Gasteiger partial charge in [-0.2, -0.15) is 5.06 Å². The van der Waals surface area contributed by atoms with Gasteiger partial charge in [-0.15, -0.1) is 0 Å². The van der Waals surface area contributed by atoms with Crippen molar-refractivity contribution in [2.75, 3.05) is 7.11 Å². The zero-order chi connectivity index (χ0) is 23.5. The van der Waals surface area contributed by atoms with Crippen molar-refractivity contribution in [3.63, 3.8) is 0 Å². The second-order valence-corrected chi connectivity index (χ2v) is 8.92. The second-order valence-electron chi connectivity index (χ2n) is 8.92. The molecule has 1 aliphatic rings. The first kappa shape index (κ1) is 24.9. The van der Waals surface area contributed by atoms with Crippen LogP contribution in [-0.2, 0) is 27.3 Å². The number of methoxy groups -OCH3 is 1. The first-order chi connectivity index (χ1) is 16.1. The van der Waals surface area contributed by atoms with Gasteiger partial charge in [-0.05, 0) is 36.3 Å². The summed E-state index contributed by atoms with van der Waals surface area (Å²) in [6.45, 7) is 0.433. The van der Waals surface area contributed by atoms with Crippen LogP contribution in [0.1, 0.15) is 56.1 Å². The van der Waals surface area contributed by atoms with Crippen LogP contribution in [0.25, 0.3) is 0 Å². The maximum absolute atomic E-state index is 12.8. The Morgan fingerprint density at radius 2 is 1.61 bits per heavy atom. The minimum absolute atomic E-state index is 0.0954. The quantitative estimate of drug-likeness (QED) is 0.387. The van der Waals surface area contributed by atoms with Crippen LogP contribution in [0.4, 0.5) is 0 Å². The van der Waals surface area contributed by atoms with Gasteiger partial charge in [0.25, 0.3) is 0 Å². The van der Waals surface area contributed by atoms with E-state index in [1.807, 2.05) is 60.7 Å². The van der Waals surface area contributed by atoms with Gasteiger partial charge in [0.2, 0.25) is 5.91 Å². The van der Waals surface area contributed by atoms with Gasteiger partial charge in [-0.3, -0.25) is 4.79 Å². The molecule has 1 amide bonds. The summed E-state index contributed by atoms with van der Waals surface area (Å²) >= 11 is 0. The molecular formula is C27H36N2O4. The second kappa shape index (κ2) is 13.1. The van der Waals surface area contributed by atoms with Crippen LogP contribution in [-0.4, -0.2) is 41.3 Å². The first-order valence-corrected chi connectivity index (χ1v) is 12.0. The molecule has 2 atom stereocenters. The maximum Gasteiger partial charge on any atom is 0.328 e. The number of hydrogen-bond acceptors (Lipinski definition) is 5. The van der Waals surface area contributed by atoms with E-state index in [4.69, 9.17) is 4.74 Å². The number of benzene rings is 2. The fourth-order valence-corrected chi connectivity index (χ4v) is 4.77. The number of nitrogens with zero attached hydrogens (tertiary/aromatic N) is 1. The van der Waals surface area contributed by atoms with Crippen LogP contribution in [0, 0.1) is 5.92 Å². The smallest absolute Gasteiger partial charge is 0.328 e. The lowest BCUT2D eigenvalue weighted by Gasteiger charge is -2.35. The van der Waals surface area contributed by atoms with Crippen molar-refractivity contribution in [3.05, 3.63) is 71.8 Å². The predicted molar refractivity (Wildman–Crippen MR) is 127 cm³/mol. The zero-order valence-electron chi connectivity index (χ0n) is 19.5. The van der Waals surface area contributed by atoms with Crippen LogP contribution in [0.5, 0.6) is 0 Å². The Morgan fingerprint density at radius 1 is 1.00 bits per heavy atom. The summed E-state index contributed by atoms with van der Waals surface area (Å²) < 4.78 is 4.91. The van der Waals surface area contributed by atoms with Gasteiger partial charge in [0.15, 0.2) is 0 Å². The summed E-state index contributed by atoms with van der Waals surface area (Å²) in [7, 11) is 1.33. The molecule has 0 bridgehead atoms. The van der Waals surface area contributed by atoms with Crippen molar-refractivity contribution in [2.24, 2.45) is 5.92 Å². The summed E-state index contributed by atoms with van der Waals surface area (Å²) in [4.78, 5) is 25.1. The average Bonchev–Trinajstić information content (AvgIpc) is 2.85. The van der Waals surface area contributed by atoms with Crippen LogP contribution in [0.2, 0.25) is 0 Å². The van der Waals surface area contributed by atoms with E-state index in [0.717, 1.165) is 36.8 Å². The standard InChI is InChI=1S/C27H36N2O4/c1-33-27(31)24(19-21-11-5-2-6-12-21)28-26(30)18-17-25(23-15-9-4-10-16-23)29(32)20-22-13-7-3-8-14-22/h2-3,5-8,11-14,23-25,32H,4,9-10,15-20H2,1H3,(H,28,30)/t24-,25?/m0/s1. The van der Waals surface area contributed by atoms with Gasteiger partial charge in [0.05, 0.1) is 7.11 Å². The number of ether oxygens (including phenoxy) is 1. The highest BCUT2D eigenvalue weighted by atomic mass is 16.5. The van der Waals surface area contributed by atoms with Crippen LogP contribution in [0.3, 0.4) is 0 Å². The third-order valence-corrected chi connectivity index (χ3v) is 6.53. The molecule has 0 aliphatic heterocycles. The average molecular weight is 453 g/mol. The third-order valence-electron chi connectivity index (χ3n) is 6.53. The van der Waals surface area contributed by atoms with Crippen molar-refractivity contribution < 1.29 is 19.5 Å². The fourth-order valence-electron chi connectivity index (χ4n) is 4.77. The molecule has 1 unspecified atom stereocenters. The number of rotatable bonds is 11. The Hall–Kier alpha value is -2.70. The van der Waals surface area contributed by atoms with Crippen molar-refractivity contribution in [1.82, 2.24) is 10.4 Å². The molecular weight excluding hydrogens is 416 g/mol. The lowest BCUT2D eigenvalue weighted by Crippen LogP contribution is -2.44. The minimum Gasteiger partial charge on any atom is -0.467 e. The van der Waals surface area contributed by atoms with Gasteiger partial charge in [-0.1, -0.05) is 79.9 Å². The maximum atomic E-state index is 12.8. The molecule has 0 radical (unpaired) electrons. The van der Waals surface area contributed by atoms with Gasteiger partial charge in [-0.25, -0.2) is 4.79 Å². The van der Waals surface area contributed by atoms with Crippen LogP contribution in [0.15, 0.2) is 60.7 Å². The van der Waals surface area contributed by atoms with Crippen molar-refractivity contribution in [3.8, 4) is 0 Å². The lowest BCUT2D eigenvalue weighted by atomic mass is 9.82. The number of carbonyl (C=O) groups is 2. The molecule has 6 nitrogen and oxygen atoms in total. The molecule has 3 rings (SSSR count). The van der Waals surface area contributed by atoms with Gasteiger partial charge in [0.1, 0.15) is 6.04 Å². The van der Waals surface area contributed by atoms with E-state index < -0.39 is 12.0 Å². The molecule has 2 aromatic carbocycles. The molecule has 0 heterocycles. The van der Waals surface area contributed by atoms with Gasteiger partial charge < -0.3 is 15.3 Å². The highest BCUT2D eigenvalue weighted by molar-refractivity contribution is 5.84. The Balaban J connectivity index is 1.61. The highest BCUT2D eigenvalue weighted by Gasteiger charge is 2.29. The number of carbonyl (C=O) groups excluding carboxylic acids is 2. The lowest BCUT2D eigenvalue weighted by molar-refractivity contribution is -0.157. The summed E-state index contributed by atoms with van der Waals surface area (Å²) in [6.07, 6.45) is 6.85. The Morgan fingerprint density at radius 3 is 2.21 bits per heavy atom. The number of amides is 1. The number of hydrogen-bond donors (Lipinski definition) is 2. The topological polar surface area (TPSA) is 78.9 Å². The SMILES string of the molecule is COC(=O)[C@H](Cc1ccccc1)NC(=O)CCC(C1CCCCC1)N(O)Cc1ccccc1. The van der Waals surface area contributed by atoms with Gasteiger partial charge in [0, 0.05) is 25.4 Å². The first-order valence-electron chi connectivity index (χ1n) is 12.0.